The van der Waals surface area contributed by atoms with Gasteiger partial charge in [0.05, 0.1) is 24.3 Å². The molecule has 178 valence electrons. The highest BCUT2D eigenvalue weighted by atomic mass is 16.5. The number of methoxy groups -OCH3 is 1. The summed E-state index contributed by atoms with van der Waals surface area (Å²) in [5.74, 6) is 1.09. The van der Waals surface area contributed by atoms with Gasteiger partial charge in [0, 0.05) is 56.9 Å². The number of nitrogens with one attached hydrogen (secondary N) is 1. The van der Waals surface area contributed by atoms with E-state index in [1.165, 1.54) is 6.92 Å². The predicted molar refractivity (Wildman–Crippen MR) is 131 cm³/mol. The van der Waals surface area contributed by atoms with Crippen molar-refractivity contribution >= 4 is 23.3 Å². The summed E-state index contributed by atoms with van der Waals surface area (Å²) in [6.45, 7) is 5.81. The van der Waals surface area contributed by atoms with Crippen LogP contribution in [0.3, 0.4) is 0 Å². The molecule has 0 radical (unpaired) electrons. The molecule has 8 nitrogen and oxygen atoms in total. The van der Waals surface area contributed by atoms with Crippen molar-refractivity contribution in [3.63, 3.8) is 0 Å². The first-order valence-electron chi connectivity index (χ1n) is 11.8. The van der Waals surface area contributed by atoms with E-state index in [9.17, 15) is 14.9 Å². The summed E-state index contributed by atoms with van der Waals surface area (Å²) < 4.78 is 5.05. The topological polar surface area (TPSA) is 98.6 Å². The molecule has 1 saturated carbocycles. The molecule has 0 bridgehead atoms. The fourth-order valence-electron chi connectivity index (χ4n) is 4.53. The van der Waals surface area contributed by atoms with E-state index in [0.717, 1.165) is 35.3 Å². The SMILES string of the molecule is COCCC(=O)N1CCN(c2nc(C3CC3)c(-c3ccc(NC(C)=O)cc3)cc2C#N)CC1C. The van der Waals surface area contributed by atoms with Crippen molar-refractivity contribution in [3.8, 4) is 17.2 Å². The van der Waals surface area contributed by atoms with Gasteiger partial charge in [-0.25, -0.2) is 4.98 Å². The number of aromatic nitrogens is 1. The number of nitrogens with zero attached hydrogens (tertiary/aromatic N) is 4. The molecule has 8 heteroatoms. The van der Waals surface area contributed by atoms with E-state index < -0.39 is 0 Å². The molecule has 1 saturated heterocycles. The molecule has 1 atom stereocenters. The summed E-state index contributed by atoms with van der Waals surface area (Å²) in [5.41, 5.74) is 4.25. The van der Waals surface area contributed by atoms with Crippen LogP contribution in [-0.2, 0) is 14.3 Å². The lowest BCUT2D eigenvalue weighted by Crippen LogP contribution is -2.54. The van der Waals surface area contributed by atoms with Crippen LogP contribution in [0.1, 0.15) is 50.3 Å². The average Bonchev–Trinajstić information content (AvgIpc) is 3.67. The molecular formula is C26H31N5O3. The third-order valence-electron chi connectivity index (χ3n) is 6.40. The number of rotatable bonds is 7. The predicted octanol–water partition coefficient (Wildman–Crippen LogP) is 3.53. The summed E-state index contributed by atoms with van der Waals surface area (Å²) >= 11 is 0. The minimum Gasteiger partial charge on any atom is -0.384 e. The Labute approximate surface area is 200 Å². The van der Waals surface area contributed by atoms with Crippen molar-refractivity contribution in [1.29, 1.82) is 5.26 Å². The summed E-state index contributed by atoms with van der Waals surface area (Å²) in [6.07, 6.45) is 2.56. The molecule has 1 aliphatic heterocycles. The second kappa shape index (κ2) is 10.2. The van der Waals surface area contributed by atoms with Crippen LogP contribution in [0.15, 0.2) is 30.3 Å². The lowest BCUT2D eigenvalue weighted by atomic mass is 9.98. The molecular weight excluding hydrogens is 430 g/mol. The number of amides is 2. The molecule has 2 fully saturated rings. The first-order chi connectivity index (χ1) is 16.4. The van der Waals surface area contributed by atoms with Crippen LogP contribution in [0.2, 0.25) is 0 Å². The molecule has 4 rings (SSSR count). The molecule has 2 aliphatic rings. The van der Waals surface area contributed by atoms with Gasteiger partial charge in [-0.2, -0.15) is 5.26 Å². The lowest BCUT2D eigenvalue weighted by Gasteiger charge is -2.41. The number of carbonyl (C=O) groups excluding carboxylic acids is 2. The van der Waals surface area contributed by atoms with Crippen molar-refractivity contribution in [3.05, 3.63) is 41.6 Å². The van der Waals surface area contributed by atoms with Crippen molar-refractivity contribution in [1.82, 2.24) is 9.88 Å². The summed E-state index contributed by atoms with van der Waals surface area (Å²) in [6, 6.07) is 12.0. The monoisotopic (exact) mass is 461 g/mol. The van der Waals surface area contributed by atoms with Gasteiger partial charge in [0.1, 0.15) is 11.9 Å². The Morgan fingerprint density at radius 1 is 1.24 bits per heavy atom. The maximum Gasteiger partial charge on any atom is 0.225 e. The Morgan fingerprint density at radius 3 is 2.56 bits per heavy atom. The fraction of sp³-hybridized carbons (Fsp3) is 0.462. The maximum atomic E-state index is 12.5. The standard InChI is InChI=1S/C26H31N5O3/c1-17-16-30(11-12-31(17)24(33)10-13-34-3)26-21(15-27)14-23(25(29-26)20-4-5-20)19-6-8-22(9-7-19)28-18(2)32/h6-9,14,17,20H,4-5,10-13,16H2,1-3H3,(H,28,32). The lowest BCUT2D eigenvalue weighted by molar-refractivity contribution is -0.134. The van der Waals surface area contributed by atoms with Crippen LogP contribution in [-0.4, -0.2) is 61.1 Å². The van der Waals surface area contributed by atoms with E-state index in [0.29, 0.717) is 50.0 Å². The normalized spacial score (nSPS) is 17.9. The zero-order chi connectivity index (χ0) is 24.2. The molecule has 2 aromatic rings. The molecule has 2 amide bonds. The van der Waals surface area contributed by atoms with Gasteiger partial charge in [0.2, 0.25) is 11.8 Å². The number of benzene rings is 1. The van der Waals surface area contributed by atoms with Gasteiger partial charge in [-0.15, -0.1) is 0 Å². The van der Waals surface area contributed by atoms with E-state index in [-0.39, 0.29) is 17.9 Å². The summed E-state index contributed by atoms with van der Waals surface area (Å²) in [4.78, 5) is 32.9. The number of carbonyl (C=O) groups is 2. The molecule has 2 heterocycles. The van der Waals surface area contributed by atoms with E-state index in [2.05, 4.69) is 16.3 Å². The zero-order valence-corrected chi connectivity index (χ0v) is 20.0. The summed E-state index contributed by atoms with van der Waals surface area (Å²) in [7, 11) is 1.60. The molecule has 1 unspecified atom stereocenters. The Hall–Kier alpha value is -3.44. The largest absolute Gasteiger partial charge is 0.384 e. The first-order valence-corrected chi connectivity index (χ1v) is 11.8. The highest BCUT2D eigenvalue weighted by molar-refractivity contribution is 5.89. The number of piperazine rings is 1. The second-order valence-electron chi connectivity index (χ2n) is 9.06. The van der Waals surface area contributed by atoms with Gasteiger partial charge in [-0.1, -0.05) is 12.1 Å². The third kappa shape index (κ3) is 5.20. The Balaban J connectivity index is 1.60. The summed E-state index contributed by atoms with van der Waals surface area (Å²) in [5, 5.41) is 12.8. The van der Waals surface area contributed by atoms with Crippen LogP contribution in [0.4, 0.5) is 11.5 Å². The number of ether oxygens (including phenoxy) is 1. The van der Waals surface area contributed by atoms with Crippen molar-refractivity contribution in [2.24, 2.45) is 0 Å². The minimum absolute atomic E-state index is 0.0248. The highest BCUT2D eigenvalue weighted by Crippen LogP contribution is 2.45. The van der Waals surface area contributed by atoms with Gasteiger partial charge >= 0.3 is 0 Å². The van der Waals surface area contributed by atoms with Crippen molar-refractivity contribution in [2.75, 3.05) is 43.6 Å². The van der Waals surface area contributed by atoms with Gasteiger partial charge in [0.25, 0.3) is 0 Å². The van der Waals surface area contributed by atoms with Crippen LogP contribution < -0.4 is 10.2 Å². The molecule has 1 N–H and O–H groups in total. The number of hydrogen-bond acceptors (Lipinski definition) is 6. The van der Waals surface area contributed by atoms with Gasteiger partial charge in [-0.3, -0.25) is 9.59 Å². The Bertz CT molecular complexity index is 1100. The third-order valence-corrected chi connectivity index (χ3v) is 6.40. The molecule has 1 aromatic carbocycles. The van der Waals surface area contributed by atoms with Crippen LogP contribution in [0.25, 0.3) is 11.1 Å². The van der Waals surface area contributed by atoms with Crippen molar-refractivity contribution in [2.45, 2.75) is 45.1 Å². The van der Waals surface area contributed by atoms with E-state index in [1.54, 1.807) is 7.11 Å². The smallest absolute Gasteiger partial charge is 0.225 e. The first kappa shape index (κ1) is 23.7. The van der Waals surface area contributed by atoms with E-state index in [4.69, 9.17) is 9.72 Å². The minimum atomic E-state index is -0.112. The number of nitriles is 1. The average molecular weight is 462 g/mol. The zero-order valence-electron chi connectivity index (χ0n) is 20.0. The molecule has 1 aromatic heterocycles. The Kier molecular flexibility index (Phi) is 7.13. The number of pyridine rings is 1. The second-order valence-corrected chi connectivity index (χ2v) is 9.06. The number of hydrogen-bond donors (Lipinski definition) is 1. The van der Waals surface area contributed by atoms with Crippen LogP contribution in [0, 0.1) is 11.3 Å². The van der Waals surface area contributed by atoms with Gasteiger partial charge < -0.3 is 19.9 Å². The quantitative estimate of drug-likeness (QED) is 0.677. The highest BCUT2D eigenvalue weighted by Gasteiger charge is 2.33. The Morgan fingerprint density at radius 2 is 1.97 bits per heavy atom. The van der Waals surface area contributed by atoms with Gasteiger partial charge in [0.15, 0.2) is 0 Å². The molecule has 34 heavy (non-hydrogen) atoms. The van der Waals surface area contributed by atoms with Crippen molar-refractivity contribution < 1.29 is 14.3 Å². The van der Waals surface area contributed by atoms with Crippen LogP contribution >= 0.6 is 0 Å². The van der Waals surface area contributed by atoms with Gasteiger partial charge in [-0.05, 0) is 43.5 Å². The number of anilines is 2. The molecule has 0 spiro atoms. The van der Waals surface area contributed by atoms with Crippen LogP contribution in [0.5, 0.6) is 0 Å². The molecule has 1 aliphatic carbocycles. The fourth-order valence-corrected chi connectivity index (χ4v) is 4.53. The maximum absolute atomic E-state index is 12.5. The van der Waals surface area contributed by atoms with E-state index in [1.807, 2.05) is 42.2 Å². The van der Waals surface area contributed by atoms with E-state index >= 15 is 0 Å².